The Balaban J connectivity index is 1.54. The van der Waals surface area contributed by atoms with Crippen LogP contribution >= 0.6 is 0 Å². The van der Waals surface area contributed by atoms with E-state index in [9.17, 15) is 14.7 Å². The molecule has 3 rings (SSSR count). The molecule has 7 heteroatoms. The number of carbonyl (C=O) groups is 2. The van der Waals surface area contributed by atoms with Gasteiger partial charge in [0.25, 0.3) is 0 Å². The molecule has 22 heavy (non-hydrogen) atoms. The molecule has 2 heterocycles. The Labute approximate surface area is 129 Å². The molecule has 1 aliphatic carbocycles. The van der Waals surface area contributed by atoms with Crippen molar-refractivity contribution < 1.29 is 24.2 Å². The Bertz CT molecular complexity index is 449. The minimum Gasteiger partial charge on any atom is -0.481 e. The highest BCUT2D eigenvalue weighted by atomic mass is 16.7. The van der Waals surface area contributed by atoms with E-state index in [1.807, 2.05) is 6.92 Å². The number of carbonyl (C=O) groups excluding carboxylic acids is 1. The van der Waals surface area contributed by atoms with E-state index in [4.69, 9.17) is 9.47 Å². The zero-order valence-corrected chi connectivity index (χ0v) is 12.9. The zero-order chi connectivity index (χ0) is 15.7. The molecule has 3 atom stereocenters. The second kappa shape index (κ2) is 6.04. The van der Waals surface area contributed by atoms with Gasteiger partial charge in [0.15, 0.2) is 5.79 Å². The molecule has 2 aliphatic heterocycles. The zero-order valence-electron chi connectivity index (χ0n) is 12.9. The van der Waals surface area contributed by atoms with Crippen LogP contribution in [0, 0.1) is 11.8 Å². The van der Waals surface area contributed by atoms with Crippen LogP contribution in [0.2, 0.25) is 0 Å². The molecule has 7 nitrogen and oxygen atoms in total. The van der Waals surface area contributed by atoms with Gasteiger partial charge in [-0.2, -0.15) is 0 Å². The van der Waals surface area contributed by atoms with Crippen molar-refractivity contribution in [1.29, 1.82) is 0 Å². The van der Waals surface area contributed by atoms with Gasteiger partial charge in [-0.3, -0.25) is 4.79 Å². The maximum absolute atomic E-state index is 12.4. The van der Waals surface area contributed by atoms with Crippen molar-refractivity contribution in [2.24, 2.45) is 11.8 Å². The molecule has 0 aromatic carbocycles. The van der Waals surface area contributed by atoms with Gasteiger partial charge >= 0.3 is 12.0 Å². The first-order chi connectivity index (χ1) is 10.5. The molecule has 2 N–H and O–H groups in total. The van der Waals surface area contributed by atoms with Crippen LogP contribution in [0.5, 0.6) is 0 Å². The molecule has 2 amide bonds. The van der Waals surface area contributed by atoms with Gasteiger partial charge in [0, 0.05) is 32.0 Å². The lowest BCUT2D eigenvalue weighted by molar-refractivity contribution is -0.151. The number of nitrogens with one attached hydrogen (secondary N) is 1. The summed E-state index contributed by atoms with van der Waals surface area (Å²) in [5, 5.41) is 12.2. The highest BCUT2D eigenvalue weighted by Crippen LogP contribution is 2.37. The molecular weight excluding hydrogens is 288 g/mol. The first kappa shape index (κ1) is 15.6. The molecular formula is C15H24N2O5. The van der Waals surface area contributed by atoms with Crippen molar-refractivity contribution in [3.05, 3.63) is 0 Å². The van der Waals surface area contributed by atoms with Gasteiger partial charge in [-0.05, 0) is 18.8 Å². The van der Waals surface area contributed by atoms with Crippen LogP contribution in [0.25, 0.3) is 0 Å². The summed E-state index contributed by atoms with van der Waals surface area (Å²) in [5.41, 5.74) is 0. The lowest BCUT2D eigenvalue weighted by atomic mass is 9.91. The molecule has 3 fully saturated rings. The lowest BCUT2D eigenvalue weighted by Gasteiger charge is -2.35. The van der Waals surface area contributed by atoms with E-state index in [1.54, 1.807) is 4.90 Å². The van der Waals surface area contributed by atoms with Crippen LogP contribution < -0.4 is 5.32 Å². The second-order valence-electron chi connectivity index (χ2n) is 6.78. The van der Waals surface area contributed by atoms with Gasteiger partial charge in [-0.15, -0.1) is 0 Å². The minimum atomic E-state index is -0.822. The number of urea groups is 1. The third kappa shape index (κ3) is 3.20. The second-order valence-corrected chi connectivity index (χ2v) is 6.78. The standard InChI is InChI=1S/C15H24N2O5/c1-10-6-11(13(18)19)9-17(8-10)14(20)16-12-2-3-15(7-12)21-4-5-22-15/h10-12H,2-9H2,1H3,(H,16,20)(H,18,19). The summed E-state index contributed by atoms with van der Waals surface area (Å²) in [7, 11) is 0. The van der Waals surface area contributed by atoms with Crippen LogP contribution in [0.4, 0.5) is 4.79 Å². The van der Waals surface area contributed by atoms with Crippen LogP contribution in [0.1, 0.15) is 32.6 Å². The fraction of sp³-hybridized carbons (Fsp3) is 0.867. The van der Waals surface area contributed by atoms with Crippen molar-refractivity contribution in [3.63, 3.8) is 0 Å². The molecule has 3 aliphatic rings. The summed E-state index contributed by atoms with van der Waals surface area (Å²) in [6, 6.07) is -0.135. The SMILES string of the molecule is CC1CC(C(=O)O)CN(C(=O)NC2CCC3(C2)OCCO3)C1. The number of carboxylic acid groups (broad SMARTS) is 1. The van der Waals surface area contributed by atoms with Gasteiger partial charge in [0.05, 0.1) is 19.1 Å². The highest BCUT2D eigenvalue weighted by molar-refractivity contribution is 5.77. The topological polar surface area (TPSA) is 88.1 Å². The van der Waals surface area contributed by atoms with Crippen molar-refractivity contribution >= 4 is 12.0 Å². The van der Waals surface area contributed by atoms with Gasteiger partial charge in [0.1, 0.15) is 0 Å². The Morgan fingerprint density at radius 1 is 1.27 bits per heavy atom. The Kier molecular flexibility index (Phi) is 4.27. The summed E-state index contributed by atoms with van der Waals surface area (Å²) in [6.07, 6.45) is 2.93. The molecule has 2 saturated heterocycles. The van der Waals surface area contributed by atoms with Gasteiger partial charge in [-0.25, -0.2) is 4.79 Å². The van der Waals surface area contributed by atoms with E-state index < -0.39 is 17.7 Å². The van der Waals surface area contributed by atoms with Crippen molar-refractivity contribution in [2.75, 3.05) is 26.3 Å². The smallest absolute Gasteiger partial charge is 0.317 e. The Hall–Kier alpha value is -1.34. The number of carboxylic acids is 1. The predicted molar refractivity (Wildman–Crippen MR) is 77.3 cm³/mol. The van der Waals surface area contributed by atoms with Crippen molar-refractivity contribution in [3.8, 4) is 0 Å². The maximum atomic E-state index is 12.4. The molecule has 0 aromatic heterocycles. The van der Waals surface area contributed by atoms with E-state index in [0.29, 0.717) is 32.6 Å². The van der Waals surface area contributed by atoms with Crippen LogP contribution in [-0.2, 0) is 14.3 Å². The van der Waals surface area contributed by atoms with E-state index in [2.05, 4.69) is 5.32 Å². The summed E-state index contributed by atoms with van der Waals surface area (Å²) in [4.78, 5) is 25.2. The van der Waals surface area contributed by atoms with Crippen LogP contribution in [-0.4, -0.2) is 60.1 Å². The average Bonchev–Trinajstić information content (AvgIpc) is 3.09. The molecule has 3 unspecified atom stereocenters. The maximum Gasteiger partial charge on any atom is 0.317 e. The first-order valence-electron chi connectivity index (χ1n) is 8.03. The molecule has 0 bridgehead atoms. The predicted octanol–water partition coefficient (Wildman–Crippen LogP) is 1.03. The largest absolute Gasteiger partial charge is 0.481 e. The van der Waals surface area contributed by atoms with E-state index in [-0.39, 0.29) is 24.5 Å². The van der Waals surface area contributed by atoms with E-state index in [1.165, 1.54) is 0 Å². The highest BCUT2D eigenvalue weighted by Gasteiger charge is 2.45. The van der Waals surface area contributed by atoms with Crippen LogP contribution in [0.3, 0.4) is 0 Å². The molecule has 0 aromatic rings. The molecule has 1 spiro atoms. The number of piperidine rings is 1. The quantitative estimate of drug-likeness (QED) is 0.795. The number of hydrogen-bond donors (Lipinski definition) is 2. The van der Waals surface area contributed by atoms with Gasteiger partial charge in [-0.1, -0.05) is 6.92 Å². The Morgan fingerprint density at radius 3 is 2.68 bits per heavy atom. The van der Waals surface area contributed by atoms with Crippen LogP contribution in [0.15, 0.2) is 0 Å². The number of hydrogen-bond acceptors (Lipinski definition) is 4. The third-order valence-corrected chi connectivity index (χ3v) is 4.87. The Morgan fingerprint density at radius 2 is 2.00 bits per heavy atom. The lowest BCUT2D eigenvalue weighted by Crippen LogP contribution is -2.51. The van der Waals surface area contributed by atoms with Gasteiger partial charge in [0.2, 0.25) is 0 Å². The number of amides is 2. The summed E-state index contributed by atoms with van der Waals surface area (Å²) >= 11 is 0. The minimum absolute atomic E-state index is 0.0334. The summed E-state index contributed by atoms with van der Waals surface area (Å²) < 4.78 is 11.3. The van der Waals surface area contributed by atoms with Gasteiger partial charge < -0.3 is 24.8 Å². The number of likely N-dealkylation sites (tertiary alicyclic amines) is 1. The average molecular weight is 312 g/mol. The summed E-state index contributed by atoms with van der Waals surface area (Å²) in [6.45, 7) is 4.12. The molecule has 0 radical (unpaired) electrons. The fourth-order valence-electron chi connectivity index (χ4n) is 3.82. The van der Waals surface area contributed by atoms with Crippen molar-refractivity contribution in [2.45, 2.75) is 44.4 Å². The number of nitrogens with zero attached hydrogens (tertiary/aromatic N) is 1. The number of ether oxygens (including phenoxy) is 2. The molecule has 124 valence electrons. The number of rotatable bonds is 2. The van der Waals surface area contributed by atoms with Crippen molar-refractivity contribution in [1.82, 2.24) is 10.2 Å². The monoisotopic (exact) mass is 312 g/mol. The molecule has 1 saturated carbocycles. The summed E-state index contributed by atoms with van der Waals surface area (Å²) in [5.74, 6) is -1.59. The fourth-order valence-corrected chi connectivity index (χ4v) is 3.82. The van der Waals surface area contributed by atoms with E-state index in [0.717, 1.165) is 12.8 Å². The normalized spacial score (nSPS) is 34.0. The first-order valence-corrected chi connectivity index (χ1v) is 8.03. The number of aliphatic carboxylic acids is 1. The third-order valence-electron chi connectivity index (χ3n) is 4.87. The van der Waals surface area contributed by atoms with E-state index >= 15 is 0 Å².